The number of aromatic nitrogens is 1. The fourth-order valence-corrected chi connectivity index (χ4v) is 2.19. The van der Waals surface area contributed by atoms with Crippen molar-refractivity contribution in [3.8, 4) is 0 Å². The number of hydrogen-bond donors (Lipinski definition) is 3. The van der Waals surface area contributed by atoms with Gasteiger partial charge in [0.2, 0.25) is 0 Å². The Morgan fingerprint density at radius 3 is 2.76 bits per heavy atom. The summed E-state index contributed by atoms with van der Waals surface area (Å²) in [7, 11) is 0. The fraction of sp³-hybridized carbons (Fsp3) is 0. The molecule has 0 amide bonds. The number of carbonyl (C=O) groups is 1. The molecule has 0 aliphatic carbocycles. The number of fused-ring (bicyclic) bond motifs is 1. The number of nitrogen functional groups attached to an aromatic ring is 1. The van der Waals surface area contributed by atoms with Crippen molar-refractivity contribution in [2.24, 2.45) is 0 Å². The number of aromatic carboxylic acids is 1. The molecule has 0 aliphatic heterocycles. The number of benzene rings is 2. The number of nitrogens with zero attached hydrogens (tertiary/aromatic N) is 1. The number of carboxylic acid groups (broad SMARTS) is 1. The zero-order valence-corrected chi connectivity index (χ0v) is 11.1. The molecule has 0 saturated carbocycles. The number of carboxylic acids is 1. The van der Waals surface area contributed by atoms with Crippen LogP contribution in [0.25, 0.3) is 10.8 Å². The normalized spacial score (nSPS) is 10.5. The van der Waals surface area contributed by atoms with Crippen LogP contribution in [0, 0.1) is 0 Å². The Labute approximate surface area is 121 Å². The molecule has 0 unspecified atom stereocenters. The quantitative estimate of drug-likeness (QED) is 0.640. The van der Waals surface area contributed by atoms with Crippen molar-refractivity contribution in [1.82, 2.24) is 4.98 Å². The summed E-state index contributed by atoms with van der Waals surface area (Å²) in [4.78, 5) is 15.0. The Hall–Kier alpha value is -3.08. The van der Waals surface area contributed by atoms with Gasteiger partial charge in [-0.2, -0.15) is 0 Å². The van der Waals surface area contributed by atoms with Crippen molar-refractivity contribution in [3.05, 3.63) is 60.4 Å². The summed E-state index contributed by atoms with van der Waals surface area (Å²) in [6.07, 6.45) is 3.52. The van der Waals surface area contributed by atoms with Gasteiger partial charge in [-0.05, 0) is 30.3 Å². The second kappa shape index (κ2) is 5.13. The van der Waals surface area contributed by atoms with E-state index in [0.29, 0.717) is 11.4 Å². The summed E-state index contributed by atoms with van der Waals surface area (Å²) >= 11 is 0. The molecule has 0 atom stereocenters. The van der Waals surface area contributed by atoms with Gasteiger partial charge in [-0.15, -0.1) is 0 Å². The lowest BCUT2D eigenvalue weighted by molar-refractivity contribution is 0.0697. The monoisotopic (exact) mass is 279 g/mol. The van der Waals surface area contributed by atoms with Crippen LogP contribution in [0.5, 0.6) is 0 Å². The van der Waals surface area contributed by atoms with Gasteiger partial charge in [-0.1, -0.05) is 12.1 Å². The maximum Gasteiger partial charge on any atom is 0.335 e. The molecule has 0 saturated heterocycles. The number of pyridine rings is 1. The highest BCUT2D eigenvalue weighted by molar-refractivity contribution is 5.96. The van der Waals surface area contributed by atoms with Crippen LogP contribution >= 0.6 is 0 Å². The predicted octanol–water partition coefficient (Wildman–Crippen LogP) is 3.26. The van der Waals surface area contributed by atoms with Gasteiger partial charge < -0.3 is 16.2 Å². The van der Waals surface area contributed by atoms with Gasteiger partial charge in [-0.3, -0.25) is 4.98 Å². The van der Waals surface area contributed by atoms with E-state index in [9.17, 15) is 4.79 Å². The van der Waals surface area contributed by atoms with Crippen LogP contribution in [0.1, 0.15) is 10.4 Å². The molecule has 0 spiro atoms. The van der Waals surface area contributed by atoms with Crippen molar-refractivity contribution in [1.29, 1.82) is 0 Å². The van der Waals surface area contributed by atoms with E-state index in [2.05, 4.69) is 10.3 Å². The van der Waals surface area contributed by atoms with E-state index in [1.165, 1.54) is 12.1 Å². The zero-order valence-electron chi connectivity index (χ0n) is 11.1. The van der Waals surface area contributed by atoms with E-state index >= 15 is 0 Å². The van der Waals surface area contributed by atoms with E-state index in [1.807, 2.05) is 24.3 Å². The Balaban J connectivity index is 2.01. The van der Waals surface area contributed by atoms with Gasteiger partial charge >= 0.3 is 5.97 Å². The van der Waals surface area contributed by atoms with Gasteiger partial charge in [0.05, 0.1) is 16.9 Å². The third-order valence-electron chi connectivity index (χ3n) is 3.25. The Morgan fingerprint density at radius 1 is 1.14 bits per heavy atom. The summed E-state index contributed by atoms with van der Waals surface area (Å²) in [5.74, 6) is -0.996. The lowest BCUT2D eigenvalue weighted by atomic mass is 10.1. The van der Waals surface area contributed by atoms with Crippen LogP contribution in [0.4, 0.5) is 17.1 Å². The highest BCUT2D eigenvalue weighted by Crippen LogP contribution is 2.29. The molecule has 1 aromatic heterocycles. The topological polar surface area (TPSA) is 88.2 Å². The summed E-state index contributed by atoms with van der Waals surface area (Å²) in [5, 5.41) is 14.2. The van der Waals surface area contributed by atoms with Crippen molar-refractivity contribution < 1.29 is 9.90 Å². The average Bonchev–Trinajstić information content (AvgIpc) is 2.49. The third-order valence-corrected chi connectivity index (χ3v) is 3.25. The molecular formula is C16H13N3O2. The van der Waals surface area contributed by atoms with Crippen LogP contribution in [0.2, 0.25) is 0 Å². The molecule has 4 N–H and O–H groups in total. The molecule has 1 heterocycles. The van der Waals surface area contributed by atoms with Crippen molar-refractivity contribution in [2.45, 2.75) is 0 Å². The molecule has 0 bridgehead atoms. The van der Waals surface area contributed by atoms with Crippen molar-refractivity contribution in [3.63, 3.8) is 0 Å². The first-order valence-corrected chi connectivity index (χ1v) is 6.38. The molecule has 5 nitrogen and oxygen atoms in total. The number of nitrogens with two attached hydrogens (primary N) is 1. The number of hydrogen-bond acceptors (Lipinski definition) is 4. The van der Waals surface area contributed by atoms with Crippen LogP contribution in [0.15, 0.2) is 54.9 Å². The average molecular weight is 279 g/mol. The summed E-state index contributed by atoms with van der Waals surface area (Å²) in [6, 6.07) is 12.4. The number of rotatable bonds is 3. The van der Waals surface area contributed by atoms with Crippen LogP contribution in [-0.4, -0.2) is 16.1 Å². The molecule has 104 valence electrons. The minimum Gasteiger partial charge on any atom is -0.478 e. The van der Waals surface area contributed by atoms with Gasteiger partial charge in [-0.25, -0.2) is 4.79 Å². The predicted molar refractivity (Wildman–Crippen MR) is 82.8 cm³/mol. The van der Waals surface area contributed by atoms with Crippen molar-refractivity contribution >= 4 is 33.8 Å². The molecule has 2 aromatic carbocycles. The number of nitrogens with one attached hydrogen (secondary N) is 1. The first-order valence-electron chi connectivity index (χ1n) is 6.38. The fourth-order valence-electron chi connectivity index (χ4n) is 2.19. The van der Waals surface area contributed by atoms with Crippen LogP contribution < -0.4 is 11.1 Å². The Morgan fingerprint density at radius 2 is 2.00 bits per heavy atom. The first-order chi connectivity index (χ1) is 10.1. The molecule has 21 heavy (non-hydrogen) atoms. The lowest BCUT2D eigenvalue weighted by Gasteiger charge is -2.12. The highest BCUT2D eigenvalue weighted by Gasteiger charge is 2.07. The van der Waals surface area contributed by atoms with Gasteiger partial charge in [0, 0.05) is 28.9 Å². The Kier molecular flexibility index (Phi) is 3.16. The Bertz CT molecular complexity index is 825. The first kappa shape index (κ1) is 12.9. The van der Waals surface area contributed by atoms with E-state index in [4.69, 9.17) is 10.8 Å². The maximum atomic E-state index is 10.9. The molecule has 3 rings (SSSR count). The summed E-state index contributed by atoms with van der Waals surface area (Å²) in [6.45, 7) is 0. The minimum absolute atomic E-state index is 0.167. The standard InChI is InChI=1S/C16H13N3O2/c17-13-8-10(16(20)21)4-5-15(13)19-14-3-1-2-11-9-18-7-6-12(11)14/h1-9,19H,17H2,(H,20,21). The summed E-state index contributed by atoms with van der Waals surface area (Å²) in [5.41, 5.74) is 8.03. The van der Waals surface area contributed by atoms with Crippen molar-refractivity contribution in [2.75, 3.05) is 11.1 Å². The highest BCUT2D eigenvalue weighted by atomic mass is 16.4. The second-order valence-electron chi connectivity index (χ2n) is 4.63. The second-order valence-corrected chi connectivity index (χ2v) is 4.63. The summed E-state index contributed by atoms with van der Waals surface area (Å²) < 4.78 is 0. The van der Waals surface area contributed by atoms with Gasteiger partial charge in [0.25, 0.3) is 0 Å². The van der Waals surface area contributed by atoms with E-state index in [0.717, 1.165) is 16.5 Å². The molecule has 5 heteroatoms. The van der Waals surface area contributed by atoms with Gasteiger partial charge in [0.1, 0.15) is 0 Å². The van der Waals surface area contributed by atoms with E-state index in [1.54, 1.807) is 18.5 Å². The number of anilines is 3. The van der Waals surface area contributed by atoms with E-state index in [-0.39, 0.29) is 5.56 Å². The molecular weight excluding hydrogens is 266 g/mol. The molecule has 0 aliphatic rings. The van der Waals surface area contributed by atoms with Crippen LogP contribution in [-0.2, 0) is 0 Å². The molecule has 0 fully saturated rings. The third kappa shape index (κ3) is 2.49. The largest absolute Gasteiger partial charge is 0.478 e. The van der Waals surface area contributed by atoms with Gasteiger partial charge in [0.15, 0.2) is 0 Å². The zero-order chi connectivity index (χ0) is 14.8. The minimum atomic E-state index is -0.996. The van der Waals surface area contributed by atoms with Crippen LogP contribution in [0.3, 0.4) is 0 Å². The lowest BCUT2D eigenvalue weighted by Crippen LogP contribution is -2.01. The smallest absolute Gasteiger partial charge is 0.335 e. The maximum absolute atomic E-state index is 10.9. The van der Waals surface area contributed by atoms with E-state index < -0.39 is 5.97 Å². The SMILES string of the molecule is Nc1cc(C(=O)O)ccc1Nc1cccc2cnccc12. The molecule has 0 radical (unpaired) electrons. The molecule has 3 aromatic rings.